The highest BCUT2D eigenvalue weighted by Crippen LogP contribution is 2.28. The number of benzene rings is 1. The Morgan fingerprint density at radius 3 is 2.71 bits per heavy atom. The predicted octanol–water partition coefficient (Wildman–Crippen LogP) is 2.84. The summed E-state index contributed by atoms with van der Waals surface area (Å²) in [6, 6.07) is 3.19. The number of hydrogen-bond acceptors (Lipinski definition) is 4. The van der Waals surface area contributed by atoms with E-state index in [1.54, 1.807) is 0 Å². The van der Waals surface area contributed by atoms with Gasteiger partial charge >= 0.3 is 0 Å². The minimum atomic E-state index is -0.714. The highest BCUT2D eigenvalue weighted by atomic mass is 79.9. The maximum Gasteiger partial charge on any atom is 0.150 e. The molecule has 1 aromatic carbocycles. The molecule has 4 nitrogen and oxygen atoms in total. The largest absolute Gasteiger partial charge is 0.383 e. The Kier molecular flexibility index (Phi) is 3.19. The van der Waals surface area contributed by atoms with E-state index >= 15 is 0 Å². The summed E-state index contributed by atoms with van der Waals surface area (Å²) in [5.41, 5.74) is 5.65. The standard InChI is InChI=1S/C10H7BrF2N4/c11-8-9(14)15-4-16-10(8)17-7-2-1-5(12)3-6(7)13/h1-4H,(H3,14,15,16,17). The average molecular weight is 301 g/mol. The van der Waals surface area contributed by atoms with Crippen LogP contribution in [0, 0.1) is 11.6 Å². The summed E-state index contributed by atoms with van der Waals surface area (Å²) in [6.45, 7) is 0. The smallest absolute Gasteiger partial charge is 0.150 e. The summed E-state index contributed by atoms with van der Waals surface area (Å²) in [5, 5.41) is 2.69. The highest BCUT2D eigenvalue weighted by molar-refractivity contribution is 9.10. The topological polar surface area (TPSA) is 63.8 Å². The summed E-state index contributed by atoms with van der Waals surface area (Å²) < 4.78 is 26.5. The van der Waals surface area contributed by atoms with Crippen LogP contribution in [0.5, 0.6) is 0 Å². The third kappa shape index (κ3) is 2.50. The molecule has 2 aromatic rings. The van der Waals surface area contributed by atoms with Gasteiger partial charge in [0.15, 0.2) is 0 Å². The van der Waals surface area contributed by atoms with Crippen molar-refractivity contribution in [2.24, 2.45) is 0 Å². The lowest BCUT2D eigenvalue weighted by Gasteiger charge is -2.08. The first-order chi connectivity index (χ1) is 8.08. The van der Waals surface area contributed by atoms with Crippen LogP contribution < -0.4 is 11.1 Å². The molecule has 1 aromatic heterocycles. The number of hydrogen-bond donors (Lipinski definition) is 2. The second kappa shape index (κ2) is 4.62. The van der Waals surface area contributed by atoms with E-state index in [4.69, 9.17) is 5.73 Å². The molecular weight excluding hydrogens is 294 g/mol. The minimum Gasteiger partial charge on any atom is -0.383 e. The van der Waals surface area contributed by atoms with Crippen LogP contribution in [0.15, 0.2) is 29.0 Å². The van der Waals surface area contributed by atoms with Crippen molar-refractivity contribution in [3.63, 3.8) is 0 Å². The Balaban J connectivity index is 2.35. The van der Waals surface area contributed by atoms with E-state index in [0.29, 0.717) is 10.3 Å². The van der Waals surface area contributed by atoms with Crippen molar-refractivity contribution < 1.29 is 8.78 Å². The van der Waals surface area contributed by atoms with E-state index in [1.807, 2.05) is 0 Å². The Hall–Kier alpha value is -1.76. The Morgan fingerprint density at radius 2 is 2.00 bits per heavy atom. The van der Waals surface area contributed by atoms with Gasteiger partial charge in [-0.25, -0.2) is 18.7 Å². The average Bonchev–Trinajstić information content (AvgIpc) is 2.28. The van der Waals surface area contributed by atoms with Gasteiger partial charge in [-0.15, -0.1) is 0 Å². The molecule has 0 radical (unpaired) electrons. The molecule has 0 spiro atoms. The molecule has 0 aliphatic heterocycles. The van der Waals surface area contributed by atoms with Crippen LogP contribution in [-0.4, -0.2) is 9.97 Å². The molecule has 0 saturated carbocycles. The maximum atomic E-state index is 13.4. The number of halogens is 3. The molecule has 0 atom stereocenters. The van der Waals surface area contributed by atoms with Crippen LogP contribution >= 0.6 is 15.9 Å². The third-order valence-corrected chi connectivity index (χ3v) is 2.78. The molecule has 2 rings (SSSR count). The molecule has 0 bridgehead atoms. The van der Waals surface area contributed by atoms with E-state index in [0.717, 1.165) is 12.1 Å². The second-order valence-electron chi connectivity index (χ2n) is 3.17. The second-order valence-corrected chi connectivity index (χ2v) is 3.96. The third-order valence-electron chi connectivity index (χ3n) is 2.00. The first-order valence-electron chi connectivity index (χ1n) is 4.56. The Morgan fingerprint density at radius 1 is 1.24 bits per heavy atom. The van der Waals surface area contributed by atoms with Crippen LogP contribution in [0.4, 0.5) is 26.1 Å². The van der Waals surface area contributed by atoms with Crippen molar-refractivity contribution in [1.29, 1.82) is 0 Å². The van der Waals surface area contributed by atoms with Gasteiger partial charge in [-0.05, 0) is 28.1 Å². The van der Waals surface area contributed by atoms with Crippen LogP contribution in [0.2, 0.25) is 0 Å². The van der Waals surface area contributed by atoms with Gasteiger partial charge in [0.2, 0.25) is 0 Å². The maximum absolute atomic E-state index is 13.4. The van der Waals surface area contributed by atoms with Gasteiger partial charge in [0, 0.05) is 6.07 Å². The van der Waals surface area contributed by atoms with E-state index in [1.165, 1.54) is 12.4 Å². The minimum absolute atomic E-state index is 0.102. The van der Waals surface area contributed by atoms with Crippen molar-refractivity contribution in [3.8, 4) is 0 Å². The Bertz CT molecular complexity index is 562. The molecule has 17 heavy (non-hydrogen) atoms. The molecule has 7 heteroatoms. The fraction of sp³-hybridized carbons (Fsp3) is 0. The number of rotatable bonds is 2. The molecule has 0 amide bonds. The summed E-state index contributed by atoms with van der Waals surface area (Å²) in [5.74, 6) is -0.823. The summed E-state index contributed by atoms with van der Waals surface area (Å²) in [6.07, 6.45) is 1.24. The number of aromatic nitrogens is 2. The van der Waals surface area contributed by atoms with Gasteiger partial charge in [0.05, 0.1) is 5.69 Å². The van der Waals surface area contributed by atoms with Crippen LogP contribution in [0.1, 0.15) is 0 Å². The SMILES string of the molecule is Nc1ncnc(Nc2ccc(F)cc2F)c1Br. The van der Waals surface area contributed by atoms with Crippen molar-refractivity contribution in [2.75, 3.05) is 11.1 Å². The lowest BCUT2D eigenvalue weighted by Crippen LogP contribution is -2.01. The molecule has 0 unspecified atom stereocenters. The zero-order valence-electron chi connectivity index (χ0n) is 8.42. The number of nitrogen functional groups attached to an aromatic ring is 1. The van der Waals surface area contributed by atoms with Crippen molar-refractivity contribution in [1.82, 2.24) is 9.97 Å². The molecule has 1 heterocycles. The first-order valence-corrected chi connectivity index (χ1v) is 5.35. The quantitative estimate of drug-likeness (QED) is 0.895. The van der Waals surface area contributed by atoms with Crippen molar-refractivity contribution >= 4 is 33.3 Å². The molecule has 0 fully saturated rings. The molecule has 3 N–H and O–H groups in total. The monoisotopic (exact) mass is 300 g/mol. The predicted molar refractivity (Wildman–Crippen MR) is 63.8 cm³/mol. The lowest BCUT2D eigenvalue weighted by atomic mass is 10.3. The van der Waals surface area contributed by atoms with Gasteiger partial charge in [-0.2, -0.15) is 0 Å². The van der Waals surface area contributed by atoms with Crippen molar-refractivity contribution in [3.05, 3.63) is 40.6 Å². The van der Waals surface area contributed by atoms with Gasteiger partial charge in [0.1, 0.15) is 34.1 Å². The zero-order chi connectivity index (χ0) is 12.4. The van der Waals surface area contributed by atoms with Gasteiger partial charge in [-0.1, -0.05) is 0 Å². The fourth-order valence-corrected chi connectivity index (χ4v) is 1.49. The zero-order valence-corrected chi connectivity index (χ0v) is 10.0. The van der Waals surface area contributed by atoms with E-state index in [-0.39, 0.29) is 11.5 Å². The van der Waals surface area contributed by atoms with Gasteiger partial charge in [-0.3, -0.25) is 0 Å². The normalized spacial score (nSPS) is 10.3. The first kappa shape index (κ1) is 11.7. The molecular formula is C10H7BrF2N4. The number of nitrogens with zero attached hydrogens (tertiary/aromatic N) is 2. The van der Waals surface area contributed by atoms with E-state index < -0.39 is 11.6 Å². The molecule has 0 aliphatic carbocycles. The van der Waals surface area contributed by atoms with Crippen LogP contribution in [0.3, 0.4) is 0 Å². The number of nitrogens with one attached hydrogen (secondary N) is 1. The van der Waals surface area contributed by atoms with Crippen LogP contribution in [-0.2, 0) is 0 Å². The lowest BCUT2D eigenvalue weighted by molar-refractivity contribution is 0.586. The van der Waals surface area contributed by atoms with Crippen molar-refractivity contribution in [2.45, 2.75) is 0 Å². The molecule has 0 aliphatic rings. The van der Waals surface area contributed by atoms with Crippen LogP contribution in [0.25, 0.3) is 0 Å². The number of nitrogens with two attached hydrogens (primary N) is 1. The number of anilines is 3. The van der Waals surface area contributed by atoms with E-state index in [9.17, 15) is 8.78 Å². The Labute approximate surface area is 104 Å². The summed E-state index contributed by atoms with van der Waals surface area (Å²) in [7, 11) is 0. The summed E-state index contributed by atoms with van der Waals surface area (Å²) in [4.78, 5) is 7.63. The fourth-order valence-electron chi connectivity index (χ4n) is 1.19. The molecule has 0 saturated heterocycles. The van der Waals surface area contributed by atoms with Gasteiger partial charge in [0.25, 0.3) is 0 Å². The van der Waals surface area contributed by atoms with E-state index in [2.05, 4.69) is 31.2 Å². The molecule has 88 valence electrons. The highest BCUT2D eigenvalue weighted by Gasteiger charge is 2.09. The summed E-state index contributed by atoms with van der Waals surface area (Å²) >= 11 is 3.17. The van der Waals surface area contributed by atoms with Gasteiger partial charge < -0.3 is 11.1 Å².